The van der Waals surface area contributed by atoms with Crippen LogP contribution in [0.5, 0.6) is 0 Å². The summed E-state index contributed by atoms with van der Waals surface area (Å²) in [6.07, 6.45) is 94.8. The molecule has 1 aliphatic heterocycles. The van der Waals surface area contributed by atoms with Crippen molar-refractivity contribution in [3.05, 3.63) is 158 Å². The molecule has 1 amide bonds. The summed E-state index contributed by atoms with van der Waals surface area (Å²) in [6, 6.07) is -0.841. The molecule has 0 aromatic rings. The largest absolute Gasteiger partial charge is 0.394 e. The Labute approximate surface area is 533 Å². The van der Waals surface area contributed by atoms with Gasteiger partial charge in [-0.3, -0.25) is 4.79 Å². The van der Waals surface area contributed by atoms with Crippen molar-refractivity contribution < 1.29 is 39.8 Å². The SMILES string of the molecule is CC/C=C\C/C=C\C/C=C\C/C=C\C/C=C\C/C=C\C/C=C\C/C=C\C/C=C\C/C=C\C/C=C\CCCCCCCCCC(=O)NC(COC1OC(CO)C(O)C(O)C1O)C(O)/C=C/CC/C=C/CCCCCCCCCCCCCCCCCCC. The van der Waals surface area contributed by atoms with Crippen LogP contribution in [0.3, 0.4) is 0 Å². The second kappa shape index (κ2) is 64.8. The number of aliphatic hydroxyl groups excluding tert-OH is 5. The third-order valence-corrected chi connectivity index (χ3v) is 15.6. The third kappa shape index (κ3) is 53.4. The lowest BCUT2D eigenvalue weighted by Gasteiger charge is -2.40. The van der Waals surface area contributed by atoms with Crippen LogP contribution >= 0.6 is 0 Å². The van der Waals surface area contributed by atoms with E-state index in [0.29, 0.717) is 6.42 Å². The number of hydrogen-bond donors (Lipinski definition) is 6. The molecule has 9 heteroatoms. The van der Waals surface area contributed by atoms with Crippen LogP contribution in [0.1, 0.15) is 271 Å². The second-order valence-electron chi connectivity index (χ2n) is 23.6. The Bertz CT molecular complexity index is 1930. The molecule has 0 aromatic carbocycles. The molecule has 0 bridgehead atoms. The van der Waals surface area contributed by atoms with Crippen LogP contribution in [-0.4, -0.2) is 87.5 Å². The van der Waals surface area contributed by atoms with Crippen molar-refractivity contribution in [2.75, 3.05) is 13.2 Å². The topological polar surface area (TPSA) is 149 Å². The quantitative estimate of drug-likeness (QED) is 0.0261. The van der Waals surface area contributed by atoms with Gasteiger partial charge in [0.25, 0.3) is 0 Å². The fraction of sp³-hybridized carbons (Fsp3) is 0.654. The van der Waals surface area contributed by atoms with Crippen LogP contribution in [0, 0.1) is 0 Å². The third-order valence-electron chi connectivity index (χ3n) is 15.6. The Kier molecular flexibility index (Phi) is 60.2. The Morgan fingerprint density at radius 2 is 0.724 bits per heavy atom. The number of carbonyl (C=O) groups is 1. The molecule has 9 nitrogen and oxygen atoms in total. The average Bonchev–Trinajstić information content (AvgIpc) is 3.47. The molecule has 0 aromatic heterocycles. The summed E-state index contributed by atoms with van der Waals surface area (Å²) in [5, 5.41) is 54.7. The smallest absolute Gasteiger partial charge is 0.220 e. The van der Waals surface area contributed by atoms with Gasteiger partial charge in [0.05, 0.1) is 25.4 Å². The molecule has 1 heterocycles. The maximum Gasteiger partial charge on any atom is 0.220 e. The van der Waals surface area contributed by atoms with Crippen molar-refractivity contribution in [3.63, 3.8) is 0 Å². The summed E-state index contributed by atoms with van der Waals surface area (Å²) < 4.78 is 11.3. The minimum atomic E-state index is -1.58. The van der Waals surface area contributed by atoms with E-state index < -0.39 is 49.5 Å². The van der Waals surface area contributed by atoms with Crippen LogP contribution < -0.4 is 5.32 Å². The Morgan fingerprint density at radius 3 is 1.10 bits per heavy atom. The van der Waals surface area contributed by atoms with Crippen molar-refractivity contribution in [1.82, 2.24) is 5.32 Å². The van der Waals surface area contributed by atoms with Crippen molar-refractivity contribution in [2.24, 2.45) is 0 Å². The number of carbonyl (C=O) groups excluding carboxylic acids is 1. The van der Waals surface area contributed by atoms with E-state index >= 15 is 0 Å². The lowest BCUT2D eigenvalue weighted by Crippen LogP contribution is -2.60. The second-order valence-corrected chi connectivity index (χ2v) is 23.6. The summed E-state index contributed by atoms with van der Waals surface area (Å²) in [7, 11) is 0. The molecule has 1 saturated heterocycles. The van der Waals surface area contributed by atoms with Crippen molar-refractivity contribution >= 4 is 5.91 Å². The number of nitrogens with one attached hydrogen (secondary N) is 1. The molecule has 7 unspecified atom stereocenters. The summed E-state index contributed by atoms with van der Waals surface area (Å²) >= 11 is 0. The summed E-state index contributed by atoms with van der Waals surface area (Å²) in [4.78, 5) is 13.1. The Hall–Kier alpha value is -4.19. The van der Waals surface area contributed by atoms with E-state index in [1.165, 1.54) is 128 Å². The normalized spacial score (nSPS) is 19.0. The first-order valence-corrected chi connectivity index (χ1v) is 35.2. The maximum atomic E-state index is 13.1. The Balaban J connectivity index is 2.19. The Morgan fingerprint density at radius 1 is 0.402 bits per heavy atom. The first kappa shape index (κ1) is 80.8. The van der Waals surface area contributed by atoms with Gasteiger partial charge in [-0.1, -0.05) is 307 Å². The van der Waals surface area contributed by atoms with E-state index in [-0.39, 0.29) is 12.5 Å². The predicted molar refractivity (Wildman–Crippen MR) is 373 cm³/mol. The molecule has 0 aliphatic carbocycles. The van der Waals surface area contributed by atoms with Gasteiger partial charge in [0.15, 0.2) is 6.29 Å². The zero-order valence-corrected chi connectivity index (χ0v) is 55.2. The van der Waals surface area contributed by atoms with Gasteiger partial charge in [-0.25, -0.2) is 0 Å². The van der Waals surface area contributed by atoms with Gasteiger partial charge in [-0.15, -0.1) is 0 Å². The van der Waals surface area contributed by atoms with E-state index in [4.69, 9.17) is 9.47 Å². The van der Waals surface area contributed by atoms with Gasteiger partial charge in [-0.2, -0.15) is 0 Å². The molecular formula is C78H129NO8. The maximum absolute atomic E-state index is 13.1. The summed E-state index contributed by atoms with van der Waals surface area (Å²) in [5.41, 5.74) is 0. The first-order valence-electron chi connectivity index (χ1n) is 35.2. The van der Waals surface area contributed by atoms with Crippen LogP contribution in [0.15, 0.2) is 158 Å². The fourth-order valence-electron chi connectivity index (χ4n) is 10.1. The van der Waals surface area contributed by atoms with Crippen LogP contribution in [-0.2, 0) is 14.3 Å². The molecule has 1 aliphatic rings. The zero-order valence-electron chi connectivity index (χ0n) is 55.2. The minimum absolute atomic E-state index is 0.202. The number of allylic oxidation sites excluding steroid dienone is 25. The standard InChI is InChI=1S/C78H129NO8/c1-3-5-7-9-11-13-15-17-19-21-23-25-27-28-29-30-31-32-33-34-35-36-37-38-39-40-41-42-43-44-46-48-50-52-54-56-58-60-62-64-66-68-74(82)79-71(70-86-78-77(85)76(84)75(83)73(69-80)87-78)72(81)67-65-63-61-59-57-55-53-51-49-47-45-26-24-22-20-18-16-14-12-10-8-6-4-2/h5,7,11,13,17,19,23,25,28-29,31-32,34-35,37-38,40-41,43-44,48,50,57,59,65,67,71-73,75-78,80-81,83-85H,3-4,6,8-10,12,14-16,18,20-22,24,26-27,30,33,36,39,42,45-47,49,51-56,58,60-64,66,68-70H2,1-2H3,(H,79,82)/b7-5-,13-11-,19-17-,25-23-,29-28-,32-31-,35-34-,38-37-,41-40-,44-43-,50-48-,59-57+,67-65+. The molecule has 1 fully saturated rings. The number of amides is 1. The van der Waals surface area contributed by atoms with E-state index in [2.05, 4.69) is 165 Å². The van der Waals surface area contributed by atoms with Gasteiger partial charge in [0.1, 0.15) is 24.4 Å². The van der Waals surface area contributed by atoms with E-state index in [1.807, 2.05) is 6.08 Å². The fourth-order valence-corrected chi connectivity index (χ4v) is 10.1. The predicted octanol–water partition coefficient (Wildman–Crippen LogP) is 19.5. The summed E-state index contributed by atoms with van der Waals surface area (Å²) in [5.74, 6) is -0.202. The highest BCUT2D eigenvalue weighted by atomic mass is 16.7. The van der Waals surface area contributed by atoms with E-state index in [0.717, 1.165) is 122 Å². The summed E-state index contributed by atoms with van der Waals surface area (Å²) in [6.45, 7) is 3.65. The molecule has 7 atom stereocenters. The van der Waals surface area contributed by atoms with Gasteiger partial charge in [0.2, 0.25) is 5.91 Å². The van der Waals surface area contributed by atoms with E-state index in [1.54, 1.807) is 6.08 Å². The highest BCUT2D eigenvalue weighted by molar-refractivity contribution is 5.76. The first-order chi connectivity index (χ1) is 42.8. The molecule has 1 rings (SSSR count). The number of rotatable bonds is 59. The van der Waals surface area contributed by atoms with Gasteiger partial charge >= 0.3 is 0 Å². The molecule has 0 saturated carbocycles. The van der Waals surface area contributed by atoms with Crippen LogP contribution in [0.25, 0.3) is 0 Å². The van der Waals surface area contributed by atoms with Crippen molar-refractivity contribution in [3.8, 4) is 0 Å². The highest BCUT2D eigenvalue weighted by Gasteiger charge is 2.44. The van der Waals surface area contributed by atoms with Crippen LogP contribution in [0.4, 0.5) is 0 Å². The zero-order chi connectivity index (χ0) is 62.8. The minimum Gasteiger partial charge on any atom is -0.394 e. The number of aliphatic hydroxyl groups is 5. The van der Waals surface area contributed by atoms with Gasteiger partial charge < -0.3 is 40.3 Å². The van der Waals surface area contributed by atoms with E-state index in [9.17, 15) is 30.3 Å². The molecular weight excluding hydrogens is 1080 g/mol. The average molecular weight is 1210 g/mol. The van der Waals surface area contributed by atoms with Crippen molar-refractivity contribution in [2.45, 2.75) is 314 Å². The number of hydrogen-bond acceptors (Lipinski definition) is 8. The molecule has 0 radical (unpaired) electrons. The molecule has 87 heavy (non-hydrogen) atoms. The van der Waals surface area contributed by atoms with Crippen molar-refractivity contribution in [1.29, 1.82) is 0 Å². The number of unbranched alkanes of at least 4 members (excludes halogenated alkanes) is 25. The van der Waals surface area contributed by atoms with Gasteiger partial charge in [-0.05, 0) is 116 Å². The lowest BCUT2D eigenvalue weighted by atomic mass is 9.99. The number of ether oxygens (including phenoxy) is 2. The highest BCUT2D eigenvalue weighted by Crippen LogP contribution is 2.23. The molecule has 6 N–H and O–H groups in total. The lowest BCUT2D eigenvalue weighted by molar-refractivity contribution is -0.302. The monoisotopic (exact) mass is 1210 g/mol. The van der Waals surface area contributed by atoms with Gasteiger partial charge in [0, 0.05) is 6.42 Å². The van der Waals surface area contributed by atoms with Crippen LogP contribution in [0.2, 0.25) is 0 Å². The molecule has 494 valence electrons. The molecule has 0 spiro atoms.